The third-order valence-corrected chi connectivity index (χ3v) is 7.00. The summed E-state index contributed by atoms with van der Waals surface area (Å²) in [5.74, 6) is -0.245. The van der Waals surface area contributed by atoms with Crippen molar-refractivity contribution in [3.05, 3.63) is 83.4 Å². The molecule has 4 aromatic rings. The molecule has 3 aromatic carbocycles. The van der Waals surface area contributed by atoms with Crippen molar-refractivity contribution >= 4 is 48.3 Å². The number of fused-ring (bicyclic) bond motifs is 1. The second-order valence-electron chi connectivity index (χ2n) is 6.87. The molecule has 0 atom stereocenters. The predicted octanol–water partition coefficient (Wildman–Crippen LogP) is 4.97. The van der Waals surface area contributed by atoms with Crippen LogP contribution in [0.1, 0.15) is 21.5 Å². The zero-order valence-corrected chi connectivity index (χ0v) is 18.0. The van der Waals surface area contributed by atoms with Crippen molar-refractivity contribution in [3.63, 3.8) is 0 Å². The number of hydrogen-bond donors (Lipinski definition) is 2. The van der Waals surface area contributed by atoms with Crippen molar-refractivity contribution < 1.29 is 13.2 Å². The molecule has 0 unspecified atom stereocenters. The number of rotatable bonds is 5. The second-order valence-corrected chi connectivity index (χ2v) is 9.59. The second kappa shape index (κ2) is 7.89. The van der Waals surface area contributed by atoms with Crippen LogP contribution in [0.5, 0.6) is 0 Å². The monoisotopic (exact) mass is 437 g/mol. The molecule has 30 heavy (non-hydrogen) atoms. The topological polar surface area (TPSA) is 88.2 Å². The summed E-state index contributed by atoms with van der Waals surface area (Å²) >= 11 is 1.28. The van der Waals surface area contributed by atoms with E-state index in [0.29, 0.717) is 21.9 Å². The molecule has 152 valence electrons. The fourth-order valence-corrected chi connectivity index (χ4v) is 4.93. The van der Waals surface area contributed by atoms with Crippen LogP contribution in [0.3, 0.4) is 0 Å². The molecule has 4 rings (SSSR count). The van der Waals surface area contributed by atoms with Gasteiger partial charge in [0.1, 0.15) is 0 Å². The largest absolute Gasteiger partial charge is 0.298 e. The van der Waals surface area contributed by atoms with E-state index < -0.39 is 10.0 Å². The number of nitrogens with zero attached hydrogens (tertiary/aromatic N) is 1. The SMILES string of the molecule is Cc1ccc(S(=O)(=O)Nc2ccc3nc(NC(=O)c4ccccc4)sc3c2)cc1C. The van der Waals surface area contributed by atoms with Gasteiger partial charge in [-0.15, -0.1) is 0 Å². The minimum Gasteiger partial charge on any atom is -0.298 e. The van der Waals surface area contributed by atoms with Crippen LogP contribution in [0.4, 0.5) is 10.8 Å². The smallest absolute Gasteiger partial charge is 0.261 e. The Morgan fingerprint density at radius 1 is 0.933 bits per heavy atom. The van der Waals surface area contributed by atoms with Crippen LogP contribution in [-0.4, -0.2) is 19.3 Å². The summed E-state index contributed by atoms with van der Waals surface area (Å²) in [6.45, 7) is 3.81. The molecular formula is C22H19N3O3S2. The van der Waals surface area contributed by atoms with Gasteiger partial charge in [0.25, 0.3) is 15.9 Å². The van der Waals surface area contributed by atoms with Gasteiger partial charge in [-0.1, -0.05) is 35.6 Å². The van der Waals surface area contributed by atoms with Gasteiger partial charge >= 0.3 is 0 Å². The highest BCUT2D eigenvalue weighted by Gasteiger charge is 2.16. The van der Waals surface area contributed by atoms with E-state index in [2.05, 4.69) is 15.0 Å². The highest BCUT2D eigenvalue weighted by Crippen LogP contribution is 2.29. The lowest BCUT2D eigenvalue weighted by Gasteiger charge is -2.09. The van der Waals surface area contributed by atoms with Gasteiger partial charge in [-0.25, -0.2) is 13.4 Å². The quantitative estimate of drug-likeness (QED) is 0.462. The van der Waals surface area contributed by atoms with E-state index in [4.69, 9.17) is 0 Å². The predicted molar refractivity (Wildman–Crippen MR) is 121 cm³/mol. The lowest BCUT2D eigenvalue weighted by molar-refractivity contribution is 0.102. The molecule has 1 amide bonds. The summed E-state index contributed by atoms with van der Waals surface area (Å²) in [5.41, 5.74) is 3.60. The number of thiazole rings is 1. The van der Waals surface area contributed by atoms with E-state index in [-0.39, 0.29) is 10.8 Å². The Morgan fingerprint density at radius 2 is 1.70 bits per heavy atom. The molecule has 0 bridgehead atoms. The minimum atomic E-state index is -3.70. The lowest BCUT2D eigenvalue weighted by atomic mass is 10.1. The lowest BCUT2D eigenvalue weighted by Crippen LogP contribution is -2.13. The molecular weight excluding hydrogens is 418 g/mol. The van der Waals surface area contributed by atoms with Gasteiger partial charge < -0.3 is 0 Å². The van der Waals surface area contributed by atoms with Crippen molar-refractivity contribution in [3.8, 4) is 0 Å². The van der Waals surface area contributed by atoms with Crippen LogP contribution in [0, 0.1) is 13.8 Å². The molecule has 0 saturated heterocycles. The van der Waals surface area contributed by atoms with Gasteiger partial charge in [-0.05, 0) is 67.4 Å². The average molecular weight is 438 g/mol. The zero-order chi connectivity index (χ0) is 21.3. The van der Waals surface area contributed by atoms with Crippen molar-refractivity contribution in [1.29, 1.82) is 0 Å². The third kappa shape index (κ3) is 4.19. The third-order valence-electron chi connectivity index (χ3n) is 4.69. The van der Waals surface area contributed by atoms with Gasteiger partial charge in [-0.3, -0.25) is 14.8 Å². The highest BCUT2D eigenvalue weighted by atomic mass is 32.2. The van der Waals surface area contributed by atoms with Crippen LogP contribution in [0.25, 0.3) is 10.2 Å². The van der Waals surface area contributed by atoms with Crippen LogP contribution in [0.15, 0.2) is 71.6 Å². The summed E-state index contributed by atoms with van der Waals surface area (Å²) in [7, 11) is -3.70. The molecule has 2 N–H and O–H groups in total. The number of hydrogen-bond acceptors (Lipinski definition) is 5. The summed E-state index contributed by atoms with van der Waals surface area (Å²) in [5, 5.41) is 3.23. The number of anilines is 2. The van der Waals surface area contributed by atoms with E-state index in [0.717, 1.165) is 15.8 Å². The number of sulfonamides is 1. The number of amides is 1. The molecule has 1 heterocycles. The Kier molecular flexibility index (Phi) is 5.27. The first-order valence-electron chi connectivity index (χ1n) is 9.19. The number of benzene rings is 3. The molecule has 0 radical (unpaired) electrons. The van der Waals surface area contributed by atoms with Crippen molar-refractivity contribution in [2.75, 3.05) is 10.0 Å². The van der Waals surface area contributed by atoms with E-state index in [1.807, 2.05) is 19.9 Å². The Hall–Kier alpha value is -3.23. The number of aryl methyl sites for hydroxylation is 2. The molecule has 8 heteroatoms. The van der Waals surface area contributed by atoms with Crippen molar-refractivity contribution in [2.24, 2.45) is 0 Å². The van der Waals surface area contributed by atoms with Crippen LogP contribution in [-0.2, 0) is 10.0 Å². The van der Waals surface area contributed by atoms with E-state index >= 15 is 0 Å². The van der Waals surface area contributed by atoms with Crippen LogP contribution >= 0.6 is 11.3 Å². The average Bonchev–Trinajstić information content (AvgIpc) is 3.11. The molecule has 1 aromatic heterocycles. The number of carbonyl (C=O) groups is 1. The Morgan fingerprint density at radius 3 is 2.43 bits per heavy atom. The minimum absolute atomic E-state index is 0.214. The number of aromatic nitrogens is 1. The number of carbonyl (C=O) groups excluding carboxylic acids is 1. The molecule has 0 aliphatic rings. The van der Waals surface area contributed by atoms with Gasteiger partial charge in [0.05, 0.1) is 20.8 Å². The molecule has 0 saturated carbocycles. The van der Waals surface area contributed by atoms with Crippen molar-refractivity contribution in [1.82, 2.24) is 4.98 Å². The summed E-state index contributed by atoms with van der Waals surface area (Å²) in [6, 6.07) is 19.0. The van der Waals surface area contributed by atoms with E-state index in [1.165, 1.54) is 11.3 Å². The standard InChI is InChI=1S/C22H19N3O3S2/c1-14-8-10-18(12-15(14)2)30(27,28)25-17-9-11-19-20(13-17)29-22(23-19)24-21(26)16-6-4-3-5-7-16/h3-13,25H,1-2H3,(H,23,24,26). The maximum Gasteiger partial charge on any atom is 0.261 e. The summed E-state index contributed by atoms with van der Waals surface area (Å²) < 4.78 is 28.8. The molecule has 0 aliphatic heterocycles. The Bertz CT molecular complexity index is 1350. The van der Waals surface area contributed by atoms with Gasteiger partial charge in [0.2, 0.25) is 0 Å². The van der Waals surface area contributed by atoms with Crippen molar-refractivity contribution in [2.45, 2.75) is 18.7 Å². The van der Waals surface area contributed by atoms with Gasteiger partial charge in [0, 0.05) is 5.56 Å². The van der Waals surface area contributed by atoms with Gasteiger partial charge in [-0.2, -0.15) is 0 Å². The first kappa shape index (κ1) is 20.1. The maximum absolute atomic E-state index is 12.7. The summed E-state index contributed by atoms with van der Waals surface area (Å²) in [6.07, 6.45) is 0. The molecule has 6 nitrogen and oxygen atoms in total. The Balaban J connectivity index is 1.56. The molecule has 0 spiro atoms. The maximum atomic E-state index is 12.7. The zero-order valence-electron chi connectivity index (χ0n) is 16.3. The molecule has 0 aliphatic carbocycles. The Labute approximate surface area is 178 Å². The van der Waals surface area contributed by atoms with Crippen LogP contribution < -0.4 is 10.0 Å². The molecule has 0 fully saturated rings. The fraction of sp³-hybridized carbons (Fsp3) is 0.0909. The normalized spacial score (nSPS) is 11.4. The first-order valence-corrected chi connectivity index (χ1v) is 11.5. The van der Waals surface area contributed by atoms with Gasteiger partial charge in [0.15, 0.2) is 5.13 Å². The highest BCUT2D eigenvalue weighted by molar-refractivity contribution is 7.92. The fourth-order valence-electron chi connectivity index (χ4n) is 2.90. The van der Waals surface area contributed by atoms with E-state index in [1.54, 1.807) is 60.7 Å². The number of nitrogens with one attached hydrogen (secondary N) is 2. The summed E-state index contributed by atoms with van der Waals surface area (Å²) in [4.78, 5) is 16.9. The first-order chi connectivity index (χ1) is 14.3. The van der Waals surface area contributed by atoms with Crippen LogP contribution in [0.2, 0.25) is 0 Å². The van der Waals surface area contributed by atoms with E-state index in [9.17, 15) is 13.2 Å².